The molecular weight excluding hydrogens is 300 g/mol. The van der Waals surface area contributed by atoms with E-state index in [9.17, 15) is 4.79 Å². The molecule has 6 heteroatoms. The van der Waals surface area contributed by atoms with E-state index >= 15 is 0 Å². The van der Waals surface area contributed by atoms with Gasteiger partial charge in [-0.1, -0.05) is 15.9 Å². The Morgan fingerprint density at radius 3 is 2.83 bits per heavy atom. The van der Waals surface area contributed by atoms with Crippen LogP contribution in [0, 0.1) is 0 Å². The fourth-order valence-electron chi connectivity index (χ4n) is 1.77. The molecule has 0 saturated heterocycles. The number of carboxylic acid groups (broad SMARTS) is 1. The lowest BCUT2D eigenvalue weighted by atomic mass is 10.1. The number of methoxy groups -OCH3 is 1. The van der Waals surface area contributed by atoms with Crippen molar-refractivity contribution in [3.05, 3.63) is 34.7 Å². The Morgan fingerprint density at radius 2 is 2.22 bits per heavy atom. The maximum Gasteiger partial charge on any atom is 0.356 e. The van der Waals surface area contributed by atoms with Crippen LogP contribution in [0.4, 0.5) is 0 Å². The van der Waals surface area contributed by atoms with Crippen LogP contribution in [0.3, 0.4) is 0 Å². The molecule has 0 bridgehead atoms. The summed E-state index contributed by atoms with van der Waals surface area (Å²) in [6.45, 7) is 0. The first-order valence-electron chi connectivity index (χ1n) is 5.13. The van der Waals surface area contributed by atoms with Crippen LogP contribution >= 0.6 is 15.9 Å². The molecule has 5 nitrogen and oxygen atoms in total. The predicted octanol–water partition coefficient (Wildman–Crippen LogP) is 2.56. The van der Waals surface area contributed by atoms with E-state index in [-0.39, 0.29) is 5.69 Å². The molecule has 0 amide bonds. The van der Waals surface area contributed by atoms with Crippen molar-refractivity contribution in [2.75, 3.05) is 7.11 Å². The Kier molecular flexibility index (Phi) is 3.38. The van der Waals surface area contributed by atoms with Gasteiger partial charge in [0.2, 0.25) is 0 Å². The van der Waals surface area contributed by atoms with Gasteiger partial charge in [0.15, 0.2) is 5.69 Å². The molecule has 1 N–H and O–H groups in total. The van der Waals surface area contributed by atoms with Crippen LogP contribution < -0.4 is 4.74 Å². The van der Waals surface area contributed by atoms with Crippen molar-refractivity contribution in [3.8, 4) is 17.0 Å². The lowest BCUT2D eigenvalue weighted by Crippen LogP contribution is -2.02. The van der Waals surface area contributed by atoms with Gasteiger partial charge in [0, 0.05) is 17.1 Å². The lowest BCUT2D eigenvalue weighted by Gasteiger charge is -2.10. The zero-order chi connectivity index (χ0) is 13.3. The molecule has 1 heterocycles. The van der Waals surface area contributed by atoms with E-state index in [1.165, 1.54) is 6.33 Å². The predicted molar refractivity (Wildman–Crippen MR) is 69.9 cm³/mol. The maximum absolute atomic E-state index is 11.2. The average molecular weight is 311 g/mol. The topological polar surface area (TPSA) is 64.3 Å². The van der Waals surface area contributed by atoms with Gasteiger partial charge in [0.05, 0.1) is 19.1 Å². The molecule has 0 aliphatic rings. The summed E-state index contributed by atoms with van der Waals surface area (Å²) in [5, 5.41) is 9.14. The van der Waals surface area contributed by atoms with Crippen LogP contribution in [0.25, 0.3) is 11.3 Å². The second-order valence-corrected chi connectivity index (χ2v) is 4.62. The largest absolute Gasteiger partial charge is 0.496 e. The van der Waals surface area contributed by atoms with Gasteiger partial charge < -0.3 is 14.4 Å². The fourth-order valence-corrected chi connectivity index (χ4v) is 2.13. The van der Waals surface area contributed by atoms with E-state index < -0.39 is 5.97 Å². The molecule has 1 aromatic heterocycles. The molecule has 0 fully saturated rings. The first-order chi connectivity index (χ1) is 8.54. The van der Waals surface area contributed by atoms with E-state index in [4.69, 9.17) is 9.84 Å². The Hall–Kier alpha value is -1.82. The number of carboxylic acids is 1. The average Bonchev–Trinajstić information content (AvgIpc) is 2.71. The summed E-state index contributed by atoms with van der Waals surface area (Å²) < 4.78 is 7.76. The molecule has 2 rings (SSSR count). The van der Waals surface area contributed by atoms with Crippen molar-refractivity contribution in [3.63, 3.8) is 0 Å². The number of imidazole rings is 1. The van der Waals surface area contributed by atoms with E-state index in [1.807, 2.05) is 12.1 Å². The summed E-state index contributed by atoms with van der Waals surface area (Å²) in [5.41, 5.74) is 1.21. The van der Waals surface area contributed by atoms with Crippen molar-refractivity contribution in [1.29, 1.82) is 0 Å². The highest BCUT2D eigenvalue weighted by molar-refractivity contribution is 9.10. The molecule has 0 atom stereocenters. The number of aromatic carboxylic acids is 1. The Balaban J connectivity index is 2.71. The third kappa shape index (κ3) is 2.11. The number of aromatic nitrogens is 2. The van der Waals surface area contributed by atoms with Gasteiger partial charge in [-0.15, -0.1) is 0 Å². The number of hydrogen-bond acceptors (Lipinski definition) is 3. The molecule has 0 radical (unpaired) electrons. The zero-order valence-electron chi connectivity index (χ0n) is 9.85. The second kappa shape index (κ2) is 4.81. The van der Waals surface area contributed by atoms with Crippen LogP contribution in [0.1, 0.15) is 10.5 Å². The highest BCUT2D eigenvalue weighted by atomic mass is 79.9. The van der Waals surface area contributed by atoms with Crippen molar-refractivity contribution in [1.82, 2.24) is 9.55 Å². The third-order valence-electron chi connectivity index (χ3n) is 2.56. The van der Waals surface area contributed by atoms with Crippen molar-refractivity contribution in [2.45, 2.75) is 0 Å². The van der Waals surface area contributed by atoms with Crippen molar-refractivity contribution in [2.24, 2.45) is 7.05 Å². The minimum absolute atomic E-state index is 0.00824. The summed E-state index contributed by atoms with van der Waals surface area (Å²) in [4.78, 5) is 15.1. The minimum Gasteiger partial charge on any atom is -0.496 e. The molecule has 2 aromatic rings. The number of nitrogens with zero attached hydrogens (tertiary/aromatic N) is 2. The minimum atomic E-state index is -1.06. The van der Waals surface area contributed by atoms with Crippen LogP contribution in [0.15, 0.2) is 29.0 Å². The zero-order valence-corrected chi connectivity index (χ0v) is 11.4. The third-order valence-corrected chi connectivity index (χ3v) is 3.05. The summed E-state index contributed by atoms with van der Waals surface area (Å²) in [6.07, 6.45) is 1.47. The van der Waals surface area contributed by atoms with E-state index in [0.29, 0.717) is 17.0 Å². The molecule has 0 saturated carbocycles. The van der Waals surface area contributed by atoms with Gasteiger partial charge >= 0.3 is 5.97 Å². The van der Waals surface area contributed by atoms with E-state index in [0.717, 1.165) is 4.47 Å². The lowest BCUT2D eigenvalue weighted by molar-refractivity contribution is 0.0692. The van der Waals surface area contributed by atoms with Crippen LogP contribution in [0.5, 0.6) is 5.75 Å². The SMILES string of the molecule is COc1ccc(Br)cc1-c1c(C(=O)O)ncn1C. The Morgan fingerprint density at radius 1 is 1.50 bits per heavy atom. The smallest absolute Gasteiger partial charge is 0.356 e. The summed E-state index contributed by atoms with van der Waals surface area (Å²) in [6, 6.07) is 5.42. The van der Waals surface area contributed by atoms with Gasteiger partial charge in [-0.2, -0.15) is 0 Å². The monoisotopic (exact) mass is 310 g/mol. The number of carbonyl (C=O) groups is 1. The van der Waals surface area contributed by atoms with E-state index in [2.05, 4.69) is 20.9 Å². The summed E-state index contributed by atoms with van der Waals surface area (Å²) >= 11 is 3.36. The number of aryl methyl sites for hydroxylation is 1. The molecule has 0 aliphatic heterocycles. The van der Waals surface area contributed by atoms with Crippen LogP contribution in [-0.2, 0) is 7.05 Å². The van der Waals surface area contributed by atoms with E-state index in [1.54, 1.807) is 24.8 Å². The van der Waals surface area contributed by atoms with Gasteiger partial charge in [-0.05, 0) is 18.2 Å². The molecule has 0 spiro atoms. The van der Waals surface area contributed by atoms with Gasteiger partial charge in [-0.3, -0.25) is 0 Å². The number of ether oxygens (including phenoxy) is 1. The molecule has 0 aliphatic carbocycles. The number of rotatable bonds is 3. The molecular formula is C12H11BrN2O3. The first-order valence-corrected chi connectivity index (χ1v) is 5.92. The molecule has 0 unspecified atom stereocenters. The maximum atomic E-state index is 11.2. The normalized spacial score (nSPS) is 10.4. The molecule has 1 aromatic carbocycles. The standard InChI is InChI=1S/C12H11BrN2O3/c1-15-6-14-10(12(16)17)11(15)8-5-7(13)3-4-9(8)18-2/h3-6H,1-2H3,(H,16,17). The molecule has 18 heavy (non-hydrogen) atoms. The summed E-state index contributed by atoms with van der Waals surface area (Å²) in [5.74, 6) is -0.461. The second-order valence-electron chi connectivity index (χ2n) is 3.70. The quantitative estimate of drug-likeness (QED) is 0.946. The Labute approximate surface area is 112 Å². The number of halogens is 1. The van der Waals surface area contributed by atoms with Crippen LogP contribution in [0.2, 0.25) is 0 Å². The number of benzene rings is 1. The van der Waals surface area contributed by atoms with Gasteiger partial charge in [0.25, 0.3) is 0 Å². The highest BCUT2D eigenvalue weighted by Crippen LogP contribution is 2.34. The van der Waals surface area contributed by atoms with Gasteiger partial charge in [0.1, 0.15) is 5.75 Å². The van der Waals surface area contributed by atoms with Gasteiger partial charge in [-0.25, -0.2) is 9.78 Å². The Bertz CT molecular complexity index is 607. The first kappa shape index (κ1) is 12.6. The molecule has 94 valence electrons. The van der Waals surface area contributed by atoms with Crippen molar-refractivity contribution >= 4 is 21.9 Å². The summed E-state index contributed by atoms with van der Waals surface area (Å²) in [7, 11) is 3.29. The van der Waals surface area contributed by atoms with Crippen LogP contribution in [-0.4, -0.2) is 27.7 Å². The number of hydrogen-bond donors (Lipinski definition) is 1. The van der Waals surface area contributed by atoms with Crippen molar-refractivity contribution < 1.29 is 14.6 Å². The fraction of sp³-hybridized carbons (Fsp3) is 0.167. The highest BCUT2D eigenvalue weighted by Gasteiger charge is 2.20.